The maximum atomic E-state index is 12.0. The van der Waals surface area contributed by atoms with Crippen molar-refractivity contribution < 1.29 is 23.8 Å². The largest absolute Gasteiger partial charge is 0.467 e. The molecule has 1 aromatic carbocycles. The Morgan fingerprint density at radius 2 is 1.64 bits per heavy atom. The first-order chi connectivity index (χ1) is 12.1. The van der Waals surface area contributed by atoms with Gasteiger partial charge < -0.3 is 19.5 Å². The normalized spacial score (nSPS) is 9.88. The Bertz CT molecular complexity index is 751. The molecule has 1 aromatic heterocycles. The van der Waals surface area contributed by atoms with E-state index in [-0.39, 0.29) is 22.7 Å². The van der Waals surface area contributed by atoms with Gasteiger partial charge in [-0.1, -0.05) is 12.1 Å². The van der Waals surface area contributed by atoms with Crippen molar-refractivity contribution in [3.63, 3.8) is 0 Å². The van der Waals surface area contributed by atoms with Crippen LogP contribution in [0.5, 0.6) is 12.0 Å². The van der Waals surface area contributed by atoms with Crippen LogP contribution in [0.4, 0.5) is 10.5 Å². The van der Waals surface area contributed by atoms with Crippen LogP contribution in [0, 0.1) is 0 Å². The van der Waals surface area contributed by atoms with Crippen LogP contribution < -0.4 is 19.5 Å². The number of ether oxygens (including phenoxy) is 3. The van der Waals surface area contributed by atoms with Crippen LogP contribution in [0.2, 0.25) is 0 Å². The van der Waals surface area contributed by atoms with Crippen molar-refractivity contribution in [1.82, 2.24) is 19.7 Å². The van der Waals surface area contributed by atoms with Crippen molar-refractivity contribution in [2.75, 3.05) is 26.6 Å². The SMILES string of the molecule is COC(=O)c1ccccc1NC(=O)NSc1nc(OC)nc(OC)n1. The van der Waals surface area contributed by atoms with E-state index in [2.05, 4.69) is 29.7 Å². The highest BCUT2D eigenvalue weighted by molar-refractivity contribution is 7.97. The molecule has 2 rings (SSSR count). The van der Waals surface area contributed by atoms with E-state index >= 15 is 0 Å². The zero-order chi connectivity index (χ0) is 18.2. The highest BCUT2D eigenvalue weighted by Gasteiger charge is 2.14. The van der Waals surface area contributed by atoms with Gasteiger partial charge in [-0.2, -0.15) is 9.97 Å². The van der Waals surface area contributed by atoms with Gasteiger partial charge in [0.15, 0.2) is 0 Å². The molecule has 0 unspecified atom stereocenters. The number of rotatable bonds is 6. The van der Waals surface area contributed by atoms with Crippen molar-refractivity contribution in [2.45, 2.75) is 5.16 Å². The summed E-state index contributed by atoms with van der Waals surface area (Å²) in [5.74, 6) is -0.560. The summed E-state index contributed by atoms with van der Waals surface area (Å²) in [6.07, 6.45) is 0. The molecule has 0 spiro atoms. The van der Waals surface area contributed by atoms with Gasteiger partial charge in [-0.05, 0) is 12.1 Å². The third-order valence-electron chi connectivity index (χ3n) is 2.75. The lowest BCUT2D eigenvalue weighted by atomic mass is 10.2. The first-order valence-electron chi connectivity index (χ1n) is 6.82. The highest BCUT2D eigenvalue weighted by Crippen LogP contribution is 2.18. The fraction of sp³-hybridized carbons (Fsp3) is 0.214. The summed E-state index contributed by atoms with van der Waals surface area (Å²) in [6.45, 7) is 0. The number of nitrogens with one attached hydrogen (secondary N) is 2. The molecule has 0 saturated heterocycles. The lowest BCUT2D eigenvalue weighted by molar-refractivity contribution is 0.0602. The van der Waals surface area contributed by atoms with Crippen LogP contribution >= 0.6 is 11.9 Å². The molecule has 0 aliphatic heterocycles. The number of para-hydroxylation sites is 1. The van der Waals surface area contributed by atoms with Gasteiger partial charge in [0.25, 0.3) is 0 Å². The summed E-state index contributed by atoms with van der Waals surface area (Å²) in [6, 6.07) is 5.96. The number of aromatic nitrogens is 3. The second-order valence-electron chi connectivity index (χ2n) is 4.29. The Morgan fingerprint density at radius 3 is 2.24 bits per heavy atom. The van der Waals surface area contributed by atoms with E-state index in [0.717, 1.165) is 11.9 Å². The molecule has 132 valence electrons. The van der Waals surface area contributed by atoms with Gasteiger partial charge >= 0.3 is 24.0 Å². The molecule has 0 bridgehead atoms. The smallest absolute Gasteiger partial charge is 0.339 e. The van der Waals surface area contributed by atoms with Gasteiger partial charge in [0.1, 0.15) is 0 Å². The Balaban J connectivity index is 2.03. The number of benzene rings is 1. The molecule has 0 aliphatic rings. The molecule has 2 amide bonds. The molecule has 0 atom stereocenters. The first-order valence-corrected chi connectivity index (χ1v) is 7.64. The molecular weight excluding hydrogens is 350 g/mol. The predicted molar refractivity (Wildman–Crippen MR) is 88.7 cm³/mol. The fourth-order valence-electron chi connectivity index (χ4n) is 1.67. The highest BCUT2D eigenvalue weighted by atomic mass is 32.2. The van der Waals surface area contributed by atoms with E-state index in [0.29, 0.717) is 5.69 Å². The number of hydrogen-bond donors (Lipinski definition) is 2. The maximum Gasteiger partial charge on any atom is 0.339 e. The minimum atomic E-state index is -0.584. The average molecular weight is 365 g/mol. The van der Waals surface area contributed by atoms with Gasteiger partial charge in [-0.3, -0.25) is 4.72 Å². The van der Waals surface area contributed by atoms with Gasteiger partial charge in [0.05, 0.1) is 32.6 Å². The molecule has 10 nitrogen and oxygen atoms in total. The van der Waals surface area contributed by atoms with E-state index in [4.69, 9.17) is 9.47 Å². The molecule has 25 heavy (non-hydrogen) atoms. The monoisotopic (exact) mass is 365 g/mol. The standard InChI is InChI=1S/C14H15N5O5S/c1-22-10(20)8-6-4-5-7-9(8)15-11(21)19-25-14-17-12(23-2)16-13(18-14)24-3/h4-7H,1-3H3,(H2,15,19,21). The lowest BCUT2D eigenvalue weighted by Crippen LogP contribution is -2.24. The van der Waals surface area contributed by atoms with E-state index in [9.17, 15) is 9.59 Å². The fourth-order valence-corrected chi connectivity index (χ4v) is 2.15. The minimum Gasteiger partial charge on any atom is -0.467 e. The molecule has 0 fully saturated rings. The number of amides is 2. The van der Waals surface area contributed by atoms with Crippen LogP contribution in [-0.2, 0) is 4.74 Å². The molecule has 11 heteroatoms. The second kappa shape index (κ2) is 8.68. The van der Waals surface area contributed by atoms with Crippen LogP contribution in [0.15, 0.2) is 29.4 Å². The predicted octanol–water partition coefficient (Wildman–Crippen LogP) is 1.50. The van der Waals surface area contributed by atoms with Crippen molar-refractivity contribution in [1.29, 1.82) is 0 Å². The zero-order valence-electron chi connectivity index (χ0n) is 13.6. The summed E-state index contributed by atoms with van der Waals surface area (Å²) in [4.78, 5) is 35.5. The van der Waals surface area contributed by atoms with Crippen molar-refractivity contribution >= 4 is 29.6 Å². The van der Waals surface area contributed by atoms with Crippen LogP contribution in [-0.4, -0.2) is 48.3 Å². The van der Waals surface area contributed by atoms with E-state index < -0.39 is 12.0 Å². The Labute approximate surface area is 147 Å². The number of methoxy groups -OCH3 is 3. The molecule has 0 radical (unpaired) electrons. The van der Waals surface area contributed by atoms with Crippen molar-refractivity contribution in [2.24, 2.45) is 0 Å². The van der Waals surface area contributed by atoms with Crippen molar-refractivity contribution in [3.8, 4) is 12.0 Å². The van der Waals surface area contributed by atoms with Crippen LogP contribution in [0.1, 0.15) is 10.4 Å². The van der Waals surface area contributed by atoms with E-state index in [1.165, 1.54) is 27.4 Å². The number of nitrogens with zero attached hydrogens (tertiary/aromatic N) is 3. The maximum absolute atomic E-state index is 12.0. The molecule has 1 heterocycles. The summed E-state index contributed by atoms with van der Waals surface area (Å²) in [5.41, 5.74) is 0.534. The average Bonchev–Trinajstić information content (AvgIpc) is 2.65. The molecule has 0 aliphatic carbocycles. The van der Waals surface area contributed by atoms with E-state index in [1.807, 2.05) is 0 Å². The molecular formula is C14H15N5O5S. The quantitative estimate of drug-likeness (QED) is 0.578. The summed E-state index contributed by atoms with van der Waals surface area (Å²) < 4.78 is 17.0. The van der Waals surface area contributed by atoms with Gasteiger partial charge in [-0.25, -0.2) is 9.59 Å². The van der Waals surface area contributed by atoms with E-state index in [1.54, 1.807) is 18.2 Å². The third-order valence-corrected chi connectivity index (χ3v) is 3.41. The number of hydrogen-bond acceptors (Lipinski definition) is 9. The number of carbonyl (C=O) groups excluding carboxylic acids is 2. The number of esters is 1. The Kier molecular flexibility index (Phi) is 6.34. The van der Waals surface area contributed by atoms with Crippen molar-refractivity contribution in [3.05, 3.63) is 29.8 Å². The third kappa shape index (κ3) is 4.94. The van der Waals surface area contributed by atoms with Gasteiger partial charge in [0.2, 0.25) is 5.16 Å². The molecule has 0 saturated carbocycles. The van der Waals surface area contributed by atoms with Gasteiger partial charge in [-0.15, -0.1) is 4.98 Å². The number of urea groups is 1. The van der Waals surface area contributed by atoms with Crippen LogP contribution in [0.25, 0.3) is 0 Å². The molecule has 2 aromatic rings. The van der Waals surface area contributed by atoms with Crippen LogP contribution in [0.3, 0.4) is 0 Å². The Hall–Kier alpha value is -3.08. The topological polar surface area (TPSA) is 125 Å². The molecule has 2 N–H and O–H groups in total. The zero-order valence-corrected chi connectivity index (χ0v) is 14.4. The summed E-state index contributed by atoms with van der Waals surface area (Å²) in [7, 11) is 4.05. The number of carbonyl (C=O) groups is 2. The first kappa shape index (κ1) is 18.3. The lowest BCUT2D eigenvalue weighted by Gasteiger charge is -2.10. The summed E-state index contributed by atoms with van der Waals surface area (Å²) >= 11 is 0.826. The number of anilines is 1. The minimum absolute atomic E-state index is 0.0487. The Morgan fingerprint density at radius 1 is 1.00 bits per heavy atom. The summed E-state index contributed by atoms with van der Waals surface area (Å²) in [5, 5.41) is 2.71. The second-order valence-corrected chi connectivity index (χ2v) is 5.06. The van der Waals surface area contributed by atoms with Gasteiger partial charge in [0, 0.05) is 11.9 Å².